The van der Waals surface area contributed by atoms with E-state index in [2.05, 4.69) is 68.7 Å². The molecule has 0 radical (unpaired) electrons. The number of hydrogen-bond acceptors (Lipinski definition) is 2. The smallest absolute Gasteiger partial charge is 0.0159 e. The molecule has 0 aromatic rings. The lowest BCUT2D eigenvalue weighted by Gasteiger charge is -2.60. The van der Waals surface area contributed by atoms with Crippen LogP contribution in [0.25, 0.3) is 0 Å². The first kappa shape index (κ1) is 43.1. The van der Waals surface area contributed by atoms with E-state index in [-0.39, 0.29) is 0 Å². The maximum absolute atomic E-state index is 3.38. The minimum Gasteiger partial charge on any atom is -0.294 e. The van der Waals surface area contributed by atoms with Crippen LogP contribution in [0.2, 0.25) is 0 Å². The second kappa shape index (κ2) is 20.5. The molecule has 5 unspecified atom stereocenters. The zero-order valence-corrected chi connectivity index (χ0v) is 38.5. The fourth-order valence-corrected chi connectivity index (χ4v) is 15.5. The van der Waals surface area contributed by atoms with Gasteiger partial charge >= 0.3 is 0 Å². The van der Waals surface area contributed by atoms with E-state index in [1.54, 1.807) is 0 Å². The molecule has 0 amide bonds. The SMILES string of the molecule is CC1CCC(/C=C/C2CCC(N(C3CCC(C)CC3)C3CC(C)C(N(C4CCC(C)CC4)C4CCC(/C=C/C5CCC(C)CC5)CC4)C4CCCCC43)CC2)CC1. The van der Waals surface area contributed by atoms with E-state index in [0.29, 0.717) is 0 Å². The maximum Gasteiger partial charge on any atom is 0.0159 e. The van der Waals surface area contributed by atoms with Crippen LogP contribution in [-0.2, 0) is 0 Å². The Morgan fingerprint density at radius 2 is 0.614 bits per heavy atom. The lowest BCUT2D eigenvalue weighted by molar-refractivity contribution is -0.108. The van der Waals surface area contributed by atoms with Crippen molar-refractivity contribution in [2.24, 2.45) is 65.1 Å². The van der Waals surface area contributed by atoms with Crippen molar-refractivity contribution in [2.45, 2.75) is 257 Å². The topological polar surface area (TPSA) is 6.48 Å². The Kier molecular flexibility index (Phi) is 15.5. The Bertz CT molecular complexity index is 1220. The predicted octanol–water partition coefficient (Wildman–Crippen LogP) is 15.2. The largest absolute Gasteiger partial charge is 0.294 e. The summed E-state index contributed by atoms with van der Waals surface area (Å²) in [6, 6.07) is 5.07. The van der Waals surface area contributed by atoms with Crippen molar-refractivity contribution >= 4 is 0 Å². The highest BCUT2D eigenvalue weighted by Gasteiger charge is 2.52. The van der Waals surface area contributed by atoms with E-state index < -0.39 is 0 Å². The summed E-state index contributed by atoms with van der Waals surface area (Å²) < 4.78 is 0. The van der Waals surface area contributed by atoms with Crippen molar-refractivity contribution < 1.29 is 0 Å². The molecule has 0 N–H and O–H groups in total. The van der Waals surface area contributed by atoms with Crippen molar-refractivity contribution in [3.05, 3.63) is 24.3 Å². The highest BCUT2D eigenvalue weighted by Crippen LogP contribution is 2.52. The van der Waals surface area contributed by atoms with E-state index in [9.17, 15) is 0 Å². The Morgan fingerprint density at radius 1 is 0.316 bits per heavy atom. The quantitative estimate of drug-likeness (QED) is 0.204. The molecule has 2 nitrogen and oxygen atoms in total. The molecule has 8 saturated carbocycles. The Morgan fingerprint density at radius 3 is 1.00 bits per heavy atom. The molecule has 57 heavy (non-hydrogen) atoms. The minimum atomic E-state index is 0.836. The first-order valence-electron chi connectivity index (χ1n) is 26.7. The molecular weight excluding hydrogens is 689 g/mol. The minimum absolute atomic E-state index is 0.836. The van der Waals surface area contributed by atoms with Crippen LogP contribution in [0.3, 0.4) is 0 Å². The van der Waals surface area contributed by atoms with E-state index >= 15 is 0 Å². The summed E-state index contributed by atoms with van der Waals surface area (Å²) in [5.74, 6) is 9.95. The van der Waals surface area contributed by atoms with Crippen LogP contribution < -0.4 is 0 Å². The van der Waals surface area contributed by atoms with Gasteiger partial charge in [-0.1, -0.05) is 97.4 Å². The van der Waals surface area contributed by atoms with E-state index in [1.165, 1.54) is 186 Å². The molecule has 0 heterocycles. The van der Waals surface area contributed by atoms with Gasteiger partial charge in [0.2, 0.25) is 0 Å². The van der Waals surface area contributed by atoms with Crippen LogP contribution in [0.5, 0.6) is 0 Å². The summed E-state index contributed by atoms with van der Waals surface area (Å²) >= 11 is 0. The maximum atomic E-state index is 3.38. The fraction of sp³-hybridized carbons (Fsp3) is 0.927. The average molecular weight is 783 g/mol. The third-order valence-electron chi connectivity index (χ3n) is 19.3. The lowest BCUT2D eigenvalue weighted by atomic mass is 9.60. The van der Waals surface area contributed by atoms with E-state index in [1.807, 2.05) is 0 Å². The van der Waals surface area contributed by atoms with Gasteiger partial charge in [-0.05, 0) is 213 Å². The monoisotopic (exact) mass is 783 g/mol. The van der Waals surface area contributed by atoms with Gasteiger partial charge in [-0.25, -0.2) is 0 Å². The van der Waals surface area contributed by atoms with Gasteiger partial charge in [-0.2, -0.15) is 0 Å². The predicted molar refractivity (Wildman–Crippen MR) is 245 cm³/mol. The average Bonchev–Trinajstić information content (AvgIpc) is 3.24. The van der Waals surface area contributed by atoms with Crippen molar-refractivity contribution in [2.75, 3.05) is 0 Å². The Labute approximate surface area is 355 Å². The second-order valence-electron chi connectivity index (χ2n) is 23.6. The third-order valence-corrected chi connectivity index (χ3v) is 19.3. The van der Waals surface area contributed by atoms with Crippen molar-refractivity contribution in [3.8, 4) is 0 Å². The lowest BCUT2D eigenvalue weighted by Crippen LogP contribution is -2.65. The van der Waals surface area contributed by atoms with E-state index in [4.69, 9.17) is 0 Å². The van der Waals surface area contributed by atoms with Gasteiger partial charge in [0, 0.05) is 36.3 Å². The van der Waals surface area contributed by atoms with Gasteiger partial charge in [0.15, 0.2) is 0 Å². The summed E-state index contributed by atoms with van der Waals surface area (Å²) in [6.07, 6.45) is 53.5. The Balaban J connectivity index is 0.980. The molecule has 0 aromatic heterocycles. The van der Waals surface area contributed by atoms with Gasteiger partial charge in [0.25, 0.3) is 0 Å². The zero-order chi connectivity index (χ0) is 39.3. The molecule has 0 spiro atoms. The molecule has 8 aliphatic carbocycles. The van der Waals surface area contributed by atoms with Crippen molar-refractivity contribution in [1.29, 1.82) is 0 Å². The summed E-state index contributed by atoms with van der Waals surface area (Å²) in [6.45, 7) is 12.8. The summed E-state index contributed by atoms with van der Waals surface area (Å²) in [7, 11) is 0. The third kappa shape index (κ3) is 10.9. The molecule has 0 saturated heterocycles. The van der Waals surface area contributed by atoms with Gasteiger partial charge in [0.1, 0.15) is 0 Å². The summed E-state index contributed by atoms with van der Waals surface area (Å²) in [5.41, 5.74) is 0. The van der Waals surface area contributed by atoms with Crippen LogP contribution >= 0.6 is 0 Å². The van der Waals surface area contributed by atoms with Gasteiger partial charge in [0.05, 0.1) is 0 Å². The zero-order valence-electron chi connectivity index (χ0n) is 38.5. The molecule has 8 aliphatic rings. The van der Waals surface area contributed by atoms with Crippen LogP contribution in [0, 0.1) is 65.1 Å². The molecule has 8 rings (SSSR count). The standard InChI is InChI=1S/C55H94N2/c1-39-10-18-44(19-11-39)22-24-46-26-34-49(35-27-46)56(48-30-14-41(3)15-31-48)54-38-43(5)55(53-9-7-6-8-52(53)54)57(50-32-16-42(4)17-33-50)51-36-28-47(29-37-51)25-23-45-20-12-40(2)13-21-45/h22-25,39-55H,6-21,26-38H2,1-5H3/b24-22+,25-23+. The van der Waals surface area contributed by atoms with Gasteiger partial charge in [-0.15, -0.1) is 0 Å². The molecule has 8 fully saturated rings. The number of nitrogens with zero attached hydrogens (tertiary/aromatic N) is 2. The van der Waals surface area contributed by atoms with Gasteiger partial charge < -0.3 is 0 Å². The van der Waals surface area contributed by atoms with Crippen LogP contribution in [0.15, 0.2) is 24.3 Å². The van der Waals surface area contributed by atoms with Gasteiger partial charge in [-0.3, -0.25) is 9.80 Å². The number of hydrogen-bond donors (Lipinski definition) is 0. The normalized spacial score (nSPS) is 46.8. The van der Waals surface area contributed by atoms with E-state index in [0.717, 1.165) is 101 Å². The summed E-state index contributed by atoms with van der Waals surface area (Å²) in [4.78, 5) is 6.76. The van der Waals surface area contributed by atoms with Crippen LogP contribution in [0.4, 0.5) is 0 Å². The van der Waals surface area contributed by atoms with Crippen LogP contribution in [-0.4, -0.2) is 46.1 Å². The molecular formula is C55H94N2. The fourth-order valence-electron chi connectivity index (χ4n) is 15.5. The molecule has 0 aliphatic heterocycles. The second-order valence-corrected chi connectivity index (χ2v) is 23.6. The highest BCUT2D eigenvalue weighted by atomic mass is 15.3. The molecule has 0 aromatic carbocycles. The van der Waals surface area contributed by atoms with Crippen LogP contribution in [0.1, 0.15) is 221 Å². The number of fused-ring (bicyclic) bond motifs is 1. The molecule has 5 atom stereocenters. The highest BCUT2D eigenvalue weighted by molar-refractivity contribution is 5.07. The van der Waals surface area contributed by atoms with Crippen molar-refractivity contribution in [1.82, 2.24) is 9.80 Å². The van der Waals surface area contributed by atoms with Crippen molar-refractivity contribution in [3.63, 3.8) is 0 Å². The number of rotatable bonds is 10. The summed E-state index contributed by atoms with van der Waals surface area (Å²) in [5, 5.41) is 0. The Hall–Kier alpha value is -0.600. The number of allylic oxidation sites excluding steroid dienone is 4. The molecule has 324 valence electrons. The molecule has 0 bridgehead atoms. The molecule has 2 heteroatoms. The first-order valence-corrected chi connectivity index (χ1v) is 26.7. The first-order chi connectivity index (χ1) is 27.8.